The maximum atomic E-state index is 11.9. The molecule has 2 rings (SSSR count). The molecule has 0 saturated carbocycles. The number of amides is 2. The van der Waals surface area contributed by atoms with Gasteiger partial charge in [0.2, 0.25) is 0 Å². The van der Waals surface area contributed by atoms with Crippen LogP contribution >= 0.6 is 11.6 Å². The number of hydrogen-bond acceptors (Lipinski definition) is 4. The lowest BCUT2D eigenvalue weighted by molar-refractivity contribution is -0.136. The lowest BCUT2D eigenvalue weighted by Gasteiger charge is -2.20. The molecule has 3 N–H and O–H groups in total. The quantitative estimate of drug-likeness (QED) is 0.746. The van der Waals surface area contributed by atoms with Gasteiger partial charge in [0.1, 0.15) is 11.4 Å². The second-order valence-corrected chi connectivity index (χ2v) is 5.70. The van der Waals surface area contributed by atoms with Gasteiger partial charge < -0.3 is 20.2 Å². The van der Waals surface area contributed by atoms with Crippen LogP contribution in [-0.4, -0.2) is 23.5 Å². The van der Waals surface area contributed by atoms with Crippen molar-refractivity contribution in [2.24, 2.45) is 0 Å². The molecule has 1 aromatic carbocycles. The number of carbonyl (C=O) groups excluding carboxylic acids is 2. The van der Waals surface area contributed by atoms with Gasteiger partial charge in [0, 0.05) is 0 Å². The van der Waals surface area contributed by atoms with Crippen LogP contribution in [0, 0.1) is 6.92 Å². The molecule has 1 unspecified atom stereocenters. The minimum Gasteiger partial charge on any atom is -0.466 e. The van der Waals surface area contributed by atoms with Gasteiger partial charge in [-0.2, -0.15) is 0 Å². The first-order valence-corrected chi connectivity index (χ1v) is 7.30. The summed E-state index contributed by atoms with van der Waals surface area (Å²) in [7, 11) is 0. The van der Waals surface area contributed by atoms with E-state index in [2.05, 4.69) is 10.6 Å². The van der Waals surface area contributed by atoms with Gasteiger partial charge in [-0.15, -0.1) is 0 Å². The fourth-order valence-electron chi connectivity index (χ4n) is 1.93. The molecule has 23 heavy (non-hydrogen) atoms. The van der Waals surface area contributed by atoms with Crippen LogP contribution in [0.15, 0.2) is 41.0 Å². The Morgan fingerprint density at radius 1 is 1.26 bits per heavy atom. The third-order valence-electron chi connectivity index (χ3n) is 3.29. The summed E-state index contributed by atoms with van der Waals surface area (Å²) in [6.45, 7) is 3.09. The molecule has 0 aliphatic carbocycles. The highest BCUT2D eigenvalue weighted by molar-refractivity contribution is 6.41. The van der Waals surface area contributed by atoms with Crippen LogP contribution in [0.1, 0.15) is 18.2 Å². The predicted octanol–water partition coefficient (Wildman–Crippen LogP) is 2.20. The van der Waals surface area contributed by atoms with E-state index < -0.39 is 17.4 Å². The highest BCUT2D eigenvalue weighted by atomic mass is 35.5. The van der Waals surface area contributed by atoms with Crippen molar-refractivity contribution in [3.63, 3.8) is 0 Å². The van der Waals surface area contributed by atoms with E-state index in [4.69, 9.17) is 16.0 Å². The van der Waals surface area contributed by atoms with Crippen molar-refractivity contribution in [1.82, 2.24) is 5.32 Å². The molecule has 1 aromatic heterocycles. The molecule has 0 radical (unpaired) electrons. The lowest BCUT2D eigenvalue weighted by Crippen LogP contribution is -2.43. The summed E-state index contributed by atoms with van der Waals surface area (Å²) in [6, 6.07) is 8.31. The number of hydrogen-bond donors (Lipinski definition) is 3. The summed E-state index contributed by atoms with van der Waals surface area (Å²) in [5, 5.41) is 15.4. The van der Waals surface area contributed by atoms with Gasteiger partial charge in [-0.3, -0.25) is 9.59 Å². The van der Waals surface area contributed by atoms with Crippen LogP contribution < -0.4 is 10.6 Å². The summed E-state index contributed by atoms with van der Waals surface area (Å²) in [5.41, 5.74) is -0.282. The topological polar surface area (TPSA) is 91.6 Å². The fourth-order valence-corrected chi connectivity index (χ4v) is 2.10. The molecule has 2 aromatic rings. The van der Waals surface area contributed by atoms with E-state index in [9.17, 15) is 14.7 Å². The number of halogens is 1. The molecule has 0 aliphatic rings. The maximum Gasteiger partial charge on any atom is 0.313 e. The zero-order valence-electron chi connectivity index (χ0n) is 12.7. The first-order valence-electron chi connectivity index (χ1n) is 6.92. The Hall–Kier alpha value is -2.31. The van der Waals surface area contributed by atoms with Gasteiger partial charge in [-0.25, -0.2) is 0 Å². The predicted molar refractivity (Wildman–Crippen MR) is 86.1 cm³/mol. The smallest absolute Gasteiger partial charge is 0.313 e. The van der Waals surface area contributed by atoms with E-state index in [0.717, 1.165) is 5.56 Å². The number of furan rings is 1. The second kappa shape index (κ2) is 6.85. The van der Waals surface area contributed by atoms with E-state index in [1.165, 1.54) is 13.2 Å². The van der Waals surface area contributed by atoms with Crippen LogP contribution in [0.5, 0.6) is 0 Å². The summed E-state index contributed by atoms with van der Waals surface area (Å²) in [5.74, 6) is -1.46. The molecule has 0 fully saturated rings. The summed E-state index contributed by atoms with van der Waals surface area (Å²) < 4.78 is 5.10. The first-order chi connectivity index (χ1) is 10.8. The van der Waals surface area contributed by atoms with Crippen LogP contribution in [0.4, 0.5) is 5.69 Å². The van der Waals surface area contributed by atoms with Crippen LogP contribution in [0.2, 0.25) is 5.02 Å². The summed E-state index contributed by atoms with van der Waals surface area (Å²) >= 11 is 6.06. The standard InChI is InChI=1S/C16H17ClN2O4/c1-10-5-3-6-11(13(10)17)19-15(21)14(20)18-9-16(2,22)12-7-4-8-23-12/h3-8,22H,9H2,1-2H3,(H,18,20)(H,19,21). The zero-order chi connectivity index (χ0) is 17.0. The SMILES string of the molecule is Cc1cccc(NC(=O)C(=O)NCC(C)(O)c2ccco2)c1Cl. The fraction of sp³-hybridized carbons (Fsp3) is 0.250. The largest absolute Gasteiger partial charge is 0.466 e. The number of aryl methyl sites for hydroxylation is 1. The van der Waals surface area contributed by atoms with Gasteiger partial charge in [0.25, 0.3) is 0 Å². The van der Waals surface area contributed by atoms with Crippen molar-refractivity contribution in [1.29, 1.82) is 0 Å². The number of carbonyl (C=O) groups is 2. The third kappa shape index (κ3) is 4.12. The summed E-state index contributed by atoms with van der Waals surface area (Å²) in [4.78, 5) is 23.7. The minimum atomic E-state index is -1.42. The number of anilines is 1. The van der Waals surface area contributed by atoms with Gasteiger partial charge in [0.05, 0.1) is 23.5 Å². The Labute approximate surface area is 138 Å². The Morgan fingerprint density at radius 2 is 2.00 bits per heavy atom. The molecule has 7 heteroatoms. The average molecular weight is 337 g/mol. The van der Waals surface area contributed by atoms with E-state index in [0.29, 0.717) is 16.5 Å². The van der Waals surface area contributed by atoms with Crippen molar-refractivity contribution in [3.05, 3.63) is 52.9 Å². The Bertz CT molecular complexity index is 711. The van der Waals surface area contributed by atoms with E-state index in [1.54, 1.807) is 37.3 Å². The van der Waals surface area contributed by atoms with Crippen LogP contribution in [-0.2, 0) is 15.2 Å². The normalized spacial score (nSPS) is 13.2. The molecule has 6 nitrogen and oxygen atoms in total. The van der Waals surface area contributed by atoms with Crippen molar-refractivity contribution >= 4 is 29.1 Å². The van der Waals surface area contributed by atoms with Gasteiger partial charge >= 0.3 is 11.8 Å². The third-order valence-corrected chi connectivity index (χ3v) is 3.79. The van der Waals surface area contributed by atoms with Crippen molar-refractivity contribution in [2.75, 3.05) is 11.9 Å². The molecule has 0 saturated heterocycles. The van der Waals surface area contributed by atoms with Gasteiger partial charge in [-0.05, 0) is 37.6 Å². The number of rotatable bonds is 4. The molecular weight excluding hydrogens is 320 g/mol. The van der Waals surface area contributed by atoms with Crippen LogP contribution in [0.3, 0.4) is 0 Å². The molecule has 0 spiro atoms. The zero-order valence-corrected chi connectivity index (χ0v) is 13.5. The van der Waals surface area contributed by atoms with E-state index in [-0.39, 0.29) is 6.54 Å². The Morgan fingerprint density at radius 3 is 2.65 bits per heavy atom. The molecule has 0 aliphatic heterocycles. The van der Waals surface area contributed by atoms with Crippen molar-refractivity contribution in [2.45, 2.75) is 19.4 Å². The number of aliphatic hydroxyl groups is 1. The highest BCUT2D eigenvalue weighted by Gasteiger charge is 2.28. The average Bonchev–Trinajstić information content (AvgIpc) is 3.04. The van der Waals surface area contributed by atoms with Crippen molar-refractivity contribution in [3.8, 4) is 0 Å². The summed E-state index contributed by atoms with van der Waals surface area (Å²) in [6.07, 6.45) is 1.41. The number of benzene rings is 1. The number of nitrogens with one attached hydrogen (secondary N) is 2. The van der Waals surface area contributed by atoms with Crippen LogP contribution in [0.25, 0.3) is 0 Å². The molecular formula is C16H17ClN2O4. The van der Waals surface area contributed by atoms with Gasteiger partial charge in [-0.1, -0.05) is 23.7 Å². The molecule has 1 atom stereocenters. The lowest BCUT2D eigenvalue weighted by atomic mass is 10.0. The Kier molecular flexibility index (Phi) is 5.08. The van der Waals surface area contributed by atoms with Gasteiger partial charge in [0.15, 0.2) is 0 Å². The molecule has 2 amide bonds. The molecule has 0 bridgehead atoms. The minimum absolute atomic E-state index is 0.172. The molecule has 122 valence electrons. The second-order valence-electron chi connectivity index (χ2n) is 5.32. The monoisotopic (exact) mass is 336 g/mol. The highest BCUT2D eigenvalue weighted by Crippen LogP contribution is 2.25. The van der Waals surface area contributed by atoms with E-state index >= 15 is 0 Å². The van der Waals surface area contributed by atoms with E-state index in [1.807, 2.05) is 0 Å². The first kappa shape index (κ1) is 17.1. The Balaban J connectivity index is 1.95. The molecule has 1 heterocycles. The van der Waals surface area contributed by atoms with Crippen molar-refractivity contribution < 1.29 is 19.1 Å². The maximum absolute atomic E-state index is 11.9.